The predicted octanol–water partition coefficient (Wildman–Crippen LogP) is 6.13. The number of hydrogen-bond donors (Lipinski definition) is 0. The van der Waals surface area contributed by atoms with Crippen molar-refractivity contribution >= 4 is 5.97 Å². The Hall–Kier alpha value is -1.55. The van der Waals surface area contributed by atoms with Crippen molar-refractivity contribution in [1.82, 2.24) is 0 Å². The summed E-state index contributed by atoms with van der Waals surface area (Å²) < 4.78 is 17.9. The smallest absolute Gasteiger partial charge is 0.314 e. The third-order valence-corrected chi connectivity index (χ3v) is 5.00. The van der Waals surface area contributed by atoms with Crippen LogP contribution < -0.4 is 9.47 Å². The molecule has 0 heterocycles. The van der Waals surface area contributed by atoms with Crippen LogP contribution in [-0.2, 0) is 9.53 Å². The van der Waals surface area contributed by atoms with Crippen LogP contribution in [0.15, 0.2) is 24.3 Å². The normalized spacial score (nSPS) is 18.0. The Labute approximate surface area is 164 Å². The zero-order valence-corrected chi connectivity index (χ0v) is 17.6. The fourth-order valence-electron chi connectivity index (χ4n) is 3.15. The van der Waals surface area contributed by atoms with Crippen LogP contribution in [-0.4, -0.2) is 18.4 Å². The molecule has 4 nitrogen and oxygen atoms in total. The Morgan fingerprint density at radius 2 is 1.67 bits per heavy atom. The van der Waals surface area contributed by atoms with Gasteiger partial charge in [0.15, 0.2) is 0 Å². The molecule has 1 aromatic rings. The van der Waals surface area contributed by atoms with E-state index in [2.05, 4.69) is 20.8 Å². The largest absolute Gasteiger partial charge is 0.465 e. The lowest BCUT2D eigenvalue weighted by Crippen LogP contribution is -2.32. The molecule has 0 N–H and O–H groups in total. The van der Waals surface area contributed by atoms with Gasteiger partial charge in [-0.05, 0) is 48.9 Å². The molecule has 1 saturated carbocycles. The van der Waals surface area contributed by atoms with Gasteiger partial charge in [0, 0.05) is 6.42 Å². The second-order valence-electron chi connectivity index (χ2n) is 8.91. The van der Waals surface area contributed by atoms with Crippen LogP contribution in [0.2, 0.25) is 0 Å². The lowest BCUT2D eigenvalue weighted by Gasteiger charge is -2.31. The van der Waals surface area contributed by atoms with Gasteiger partial charge in [-0.3, -0.25) is 4.79 Å². The molecule has 152 valence electrons. The number of carbonyl (C=O) groups is 1. The minimum atomic E-state index is -0.262. The summed E-state index contributed by atoms with van der Waals surface area (Å²) in [4.78, 5) is 11.9. The quantitative estimate of drug-likeness (QED) is 0.311. The van der Waals surface area contributed by atoms with Crippen LogP contribution >= 0.6 is 0 Å². The molecule has 0 spiro atoms. The monoisotopic (exact) mass is 376 g/mol. The maximum atomic E-state index is 11.9. The number of rotatable bonds is 8. The van der Waals surface area contributed by atoms with Crippen molar-refractivity contribution in [3.63, 3.8) is 0 Å². The van der Waals surface area contributed by atoms with Gasteiger partial charge in [0.05, 0.1) is 12.0 Å². The van der Waals surface area contributed by atoms with Crippen molar-refractivity contribution < 1.29 is 19.0 Å². The number of ether oxygens (including phenoxy) is 3. The highest BCUT2D eigenvalue weighted by Crippen LogP contribution is 2.29. The fourth-order valence-corrected chi connectivity index (χ4v) is 3.15. The number of benzene rings is 1. The Bertz CT molecular complexity index is 567. The molecule has 0 aromatic heterocycles. The topological polar surface area (TPSA) is 44.8 Å². The minimum Gasteiger partial charge on any atom is -0.465 e. The molecule has 0 saturated heterocycles. The van der Waals surface area contributed by atoms with Crippen molar-refractivity contribution in [2.45, 2.75) is 92.0 Å². The summed E-state index contributed by atoms with van der Waals surface area (Å²) in [6.45, 7) is 10.4. The zero-order chi connectivity index (χ0) is 19.9. The van der Waals surface area contributed by atoms with E-state index in [1.54, 1.807) is 12.1 Å². The van der Waals surface area contributed by atoms with E-state index in [-0.39, 0.29) is 23.6 Å². The van der Waals surface area contributed by atoms with Gasteiger partial charge >= 0.3 is 5.97 Å². The van der Waals surface area contributed by atoms with Gasteiger partial charge in [-0.2, -0.15) is 0 Å². The summed E-state index contributed by atoms with van der Waals surface area (Å²) in [6.07, 6.45) is 7.65. The van der Waals surface area contributed by atoms with Gasteiger partial charge in [-0.25, -0.2) is 0 Å². The van der Waals surface area contributed by atoms with E-state index in [9.17, 15) is 4.79 Å². The second-order valence-corrected chi connectivity index (χ2v) is 8.91. The van der Waals surface area contributed by atoms with E-state index in [4.69, 9.17) is 14.2 Å². The first-order valence-corrected chi connectivity index (χ1v) is 10.4. The fraction of sp³-hybridized carbons (Fsp3) is 0.696. The molecule has 2 unspecified atom stereocenters. The van der Waals surface area contributed by atoms with E-state index in [0.717, 1.165) is 31.4 Å². The van der Waals surface area contributed by atoms with Crippen molar-refractivity contribution in [3.8, 4) is 11.5 Å². The summed E-state index contributed by atoms with van der Waals surface area (Å²) in [5.41, 5.74) is 0.116. The van der Waals surface area contributed by atoms with Crippen molar-refractivity contribution in [2.75, 3.05) is 0 Å². The van der Waals surface area contributed by atoms with Crippen molar-refractivity contribution in [1.29, 1.82) is 0 Å². The number of esters is 1. The highest BCUT2D eigenvalue weighted by Gasteiger charge is 2.25. The third-order valence-electron chi connectivity index (χ3n) is 5.00. The lowest BCUT2D eigenvalue weighted by molar-refractivity contribution is -0.142. The molecule has 2 atom stereocenters. The Kier molecular flexibility index (Phi) is 8.15. The highest BCUT2D eigenvalue weighted by molar-refractivity contribution is 5.74. The molecule has 4 heteroatoms. The Balaban J connectivity index is 1.97. The summed E-state index contributed by atoms with van der Waals surface area (Å²) in [6, 6.07) is 7.26. The first kappa shape index (κ1) is 21.7. The maximum absolute atomic E-state index is 11.9. The molecular weight excluding hydrogens is 340 g/mol. The van der Waals surface area contributed by atoms with Gasteiger partial charge in [-0.1, -0.05) is 53.9 Å². The van der Waals surface area contributed by atoms with E-state index >= 15 is 0 Å². The summed E-state index contributed by atoms with van der Waals surface area (Å²) in [5, 5.41) is 0. The Morgan fingerprint density at radius 3 is 2.22 bits per heavy atom. The second kappa shape index (κ2) is 10.1. The van der Waals surface area contributed by atoms with Crippen LogP contribution in [0.1, 0.15) is 79.6 Å². The highest BCUT2D eigenvalue weighted by atomic mass is 16.7. The molecule has 1 aliphatic rings. The summed E-state index contributed by atoms with van der Waals surface area (Å²) in [7, 11) is 0. The van der Waals surface area contributed by atoms with Gasteiger partial charge in [-0.15, -0.1) is 0 Å². The predicted molar refractivity (Wildman–Crippen MR) is 108 cm³/mol. The molecule has 0 radical (unpaired) electrons. The van der Waals surface area contributed by atoms with E-state index in [1.807, 2.05) is 26.0 Å². The number of hydrogen-bond acceptors (Lipinski definition) is 4. The minimum absolute atomic E-state index is 0.0963. The van der Waals surface area contributed by atoms with Crippen LogP contribution in [0.4, 0.5) is 0 Å². The van der Waals surface area contributed by atoms with Crippen molar-refractivity contribution in [2.24, 2.45) is 11.3 Å². The Morgan fingerprint density at radius 1 is 1.07 bits per heavy atom. The van der Waals surface area contributed by atoms with Crippen LogP contribution in [0.3, 0.4) is 0 Å². The first-order valence-electron chi connectivity index (χ1n) is 10.4. The van der Waals surface area contributed by atoms with Crippen LogP contribution in [0.5, 0.6) is 11.5 Å². The van der Waals surface area contributed by atoms with E-state index < -0.39 is 0 Å². The molecule has 1 aromatic carbocycles. The average Bonchev–Trinajstić information content (AvgIpc) is 2.62. The average molecular weight is 377 g/mol. The zero-order valence-electron chi connectivity index (χ0n) is 17.6. The third kappa shape index (κ3) is 7.92. The molecule has 0 bridgehead atoms. The van der Waals surface area contributed by atoms with Gasteiger partial charge in [0.2, 0.25) is 6.29 Å². The molecule has 2 rings (SSSR count). The molecule has 1 aliphatic carbocycles. The van der Waals surface area contributed by atoms with Gasteiger partial charge in [0.1, 0.15) is 11.5 Å². The lowest BCUT2D eigenvalue weighted by atomic mass is 9.91. The molecule has 1 fully saturated rings. The van der Waals surface area contributed by atoms with Crippen molar-refractivity contribution in [3.05, 3.63) is 24.3 Å². The summed E-state index contributed by atoms with van der Waals surface area (Å²) in [5.74, 6) is 0.995. The molecule has 0 amide bonds. The van der Waals surface area contributed by atoms with E-state index in [0.29, 0.717) is 11.9 Å². The standard InChI is InChI=1S/C23H36O4/c1-6-17(2)22(24)27-20-14-12-19(13-15-20)26-21(16-23(3,4)5)25-18-10-8-7-9-11-18/h12-15,17-18,21H,6-11,16H2,1-5H3. The van der Waals surface area contributed by atoms with Gasteiger partial charge in [0.25, 0.3) is 0 Å². The SMILES string of the molecule is CCC(C)C(=O)Oc1ccc(OC(CC(C)(C)C)OC2CCCCC2)cc1. The molecule has 27 heavy (non-hydrogen) atoms. The molecule has 0 aliphatic heterocycles. The maximum Gasteiger partial charge on any atom is 0.314 e. The van der Waals surface area contributed by atoms with Gasteiger partial charge < -0.3 is 14.2 Å². The summed E-state index contributed by atoms with van der Waals surface area (Å²) >= 11 is 0. The first-order chi connectivity index (χ1) is 12.8. The van der Waals surface area contributed by atoms with Crippen LogP contribution in [0.25, 0.3) is 0 Å². The van der Waals surface area contributed by atoms with Crippen LogP contribution in [0, 0.1) is 11.3 Å². The number of carbonyl (C=O) groups excluding carboxylic acids is 1. The van der Waals surface area contributed by atoms with E-state index in [1.165, 1.54) is 19.3 Å². The molecular formula is C23H36O4.